The standard InChI is InChI=1S/C15H22N2OS/c16-13-5-4-10-17-14(13)19-11-12-6-9-15(18-12)7-2-1-3-8-15/h4-5,10,12H,1-3,6-9,11,16H2. The maximum Gasteiger partial charge on any atom is 0.119 e. The van der Waals surface area contributed by atoms with Crippen molar-refractivity contribution in [3.05, 3.63) is 18.3 Å². The lowest BCUT2D eigenvalue weighted by atomic mass is 9.83. The molecule has 4 heteroatoms. The van der Waals surface area contributed by atoms with E-state index in [0.717, 1.165) is 16.5 Å². The number of nitrogen functional groups attached to an aromatic ring is 1. The number of aromatic nitrogens is 1. The van der Waals surface area contributed by atoms with Crippen LogP contribution in [0.4, 0.5) is 5.69 Å². The molecule has 1 saturated heterocycles. The molecule has 1 aromatic heterocycles. The van der Waals surface area contributed by atoms with Gasteiger partial charge in [0, 0.05) is 11.9 Å². The zero-order chi connectivity index (χ0) is 13.1. The number of hydrogen-bond donors (Lipinski definition) is 1. The first kappa shape index (κ1) is 13.3. The fraction of sp³-hybridized carbons (Fsp3) is 0.667. The molecule has 1 atom stereocenters. The molecule has 3 nitrogen and oxygen atoms in total. The molecule has 1 aliphatic carbocycles. The molecule has 2 N–H and O–H groups in total. The zero-order valence-corrected chi connectivity index (χ0v) is 12.1. The molecular formula is C15H22N2OS. The highest BCUT2D eigenvalue weighted by Crippen LogP contribution is 2.43. The van der Waals surface area contributed by atoms with E-state index in [-0.39, 0.29) is 5.60 Å². The average molecular weight is 278 g/mol. The van der Waals surface area contributed by atoms with Gasteiger partial charge in [-0.15, -0.1) is 11.8 Å². The number of thioether (sulfide) groups is 1. The molecule has 1 saturated carbocycles. The Morgan fingerprint density at radius 2 is 2.16 bits per heavy atom. The van der Waals surface area contributed by atoms with Gasteiger partial charge in [0.15, 0.2) is 0 Å². The van der Waals surface area contributed by atoms with Gasteiger partial charge in [-0.1, -0.05) is 19.3 Å². The van der Waals surface area contributed by atoms with E-state index in [1.165, 1.54) is 44.9 Å². The van der Waals surface area contributed by atoms with Crippen molar-refractivity contribution in [3.63, 3.8) is 0 Å². The van der Waals surface area contributed by atoms with Crippen LogP contribution in [0, 0.1) is 0 Å². The van der Waals surface area contributed by atoms with Crippen LogP contribution < -0.4 is 5.73 Å². The minimum Gasteiger partial charge on any atom is -0.397 e. The van der Waals surface area contributed by atoms with Crippen molar-refractivity contribution in [1.82, 2.24) is 4.98 Å². The molecule has 2 heterocycles. The van der Waals surface area contributed by atoms with Gasteiger partial charge in [0.05, 0.1) is 17.4 Å². The maximum atomic E-state index is 6.36. The summed E-state index contributed by atoms with van der Waals surface area (Å²) in [5.74, 6) is 0.975. The lowest BCUT2D eigenvalue weighted by Crippen LogP contribution is -2.32. The molecule has 1 unspecified atom stereocenters. The monoisotopic (exact) mass is 278 g/mol. The third-order valence-corrected chi connectivity index (χ3v) is 5.46. The molecule has 1 aromatic rings. The van der Waals surface area contributed by atoms with Gasteiger partial charge in [0.1, 0.15) is 5.03 Å². The second-order valence-corrected chi connectivity index (χ2v) is 6.74. The second kappa shape index (κ2) is 5.71. The largest absolute Gasteiger partial charge is 0.397 e. The van der Waals surface area contributed by atoms with Crippen LogP contribution in [0.5, 0.6) is 0 Å². The summed E-state index contributed by atoms with van der Waals surface area (Å²) in [4.78, 5) is 4.33. The fourth-order valence-electron chi connectivity index (χ4n) is 3.27. The molecule has 2 aliphatic rings. The number of ether oxygens (including phenoxy) is 1. The Balaban J connectivity index is 1.53. The Labute approximate surface area is 119 Å². The highest BCUT2D eigenvalue weighted by atomic mass is 32.2. The molecule has 0 amide bonds. The van der Waals surface area contributed by atoms with Crippen molar-refractivity contribution >= 4 is 17.4 Å². The van der Waals surface area contributed by atoms with Crippen molar-refractivity contribution in [1.29, 1.82) is 0 Å². The Bertz CT molecular complexity index is 432. The summed E-state index contributed by atoms with van der Waals surface area (Å²) in [6, 6.07) is 3.79. The van der Waals surface area contributed by atoms with Crippen LogP contribution in [0.3, 0.4) is 0 Å². The molecule has 1 spiro atoms. The molecule has 0 bridgehead atoms. The van der Waals surface area contributed by atoms with Crippen LogP contribution in [0.1, 0.15) is 44.9 Å². The van der Waals surface area contributed by atoms with Crippen molar-refractivity contribution in [2.45, 2.75) is 61.7 Å². The highest BCUT2D eigenvalue weighted by Gasteiger charge is 2.40. The molecule has 1 aliphatic heterocycles. The van der Waals surface area contributed by atoms with Crippen molar-refractivity contribution in [2.24, 2.45) is 0 Å². The maximum absolute atomic E-state index is 6.36. The van der Waals surface area contributed by atoms with Gasteiger partial charge in [-0.05, 0) is 37.8 Å². The first-order valence-corrected chi connectivity index (χ1v) is 8.27. The minimum atomic E-state index is 0.221. The SMILES string of the molecule is Nc1cccnc1SCC1CCC2(CCCCC2)O1. The van der Waals surface area contributed by atoms with Crippen molar-refractivity contribution in [3.8, 4) is 0 Å². The van der Waals surface area contributed by atoms with Crippen LogP contribution in [0.2, 0.25) is 0 Å². The van der Waals surface area contributed by atoms with E-state index < -0.39 is 0 Å². The molecule has 3 rings (SSSR count). The van der Waals surface area contributed by atoms with Crippen LogP contribution in [0.25, 0.3) is 0 Å². The van der Waals surface area contributed by atoms with E-state index in [2.05, 4.69) is 4.98 Å². The average Bonchev–Trinajstić information content (AvgIpc) is 2.82. The number of nitrogens with zero attached hydrogens (tertiary/aromatic N) is 1. The number of nitrogens with two attached hydrogens (primary N) is 1. The number of rotatable bonds is 3. The first-order valence-electron chi connectivity index (χ1n) is 7.29. The summed E-state index contributed by atoms with van der Waals surface area (Å²) in [6.45, 7) is 0. The third kappa shape index (κ3) is 3.06. The van der Waals surface area contributed by atoms with E-state index in [0.29, 0.717) is 6.10 Å². The number of hydrogen-bond acceptors (Lipinski definition) is 4. The molecule has 2 fully saturated rings. The van der Waals surface area contributed by atoms with Crippen LogP contribution >= 0.6 is 11.8 Å². The fourth-order valence-corrected chi connectivity index (χ4v) is 4.22. The van der Waals surface area contributed by atoms with E-state index in [4.69, 9.17) is 10.5 Å². The smallest absolute Gasteiger partial charge is 0.119 e. The summed E-state index contributed by atoms with van der Waals surface area (Å²) in [5.41, 5.74) is 6.91. The van der Waals surface area contributed by atoms with Gasteiger partial charge in [-0.3, -0.25) is 0 Å². The Kier molecular flexibility index (Phi) is 3.99. The number of pyridine rings is 1. The van der Waals surface area contributed by atoms with E-state index >= 15 is 0 Å². The lowest BCUT2D eigenvalue weighted by Gasteiger charge is -2.33. The van der Waals surface area contributed by atoms with Gasteiger partial charge < -0.3 is 10.5 Å². The predicted molar refractivity (Wildman–Crippen MR) is 79.3 cm³/mol. The quantitative estimate of drug-likeness (QED) is 0.858. The summed E-state index contributed by atoms with van der Waals surface area (Å²) < 4.78 is 6.36. The molecular weight excluding hydrogens is 256 g/mol. The van der Waals surface area contributed by atoms with Crippen LogP contribution in [-0.2, 0) is 4.74 Å². The molecule has 104 valence electrons. The lowest BCUT2D eigenvalue weighted by molar-refractivity contribution is -0.0555. The van der Waals surface area contributed by atoms with Crippen molar-refractivity contribution < 1.29 is 4.74 Å². The summed E-state index contributed by atoms with van der Waals surface area (Å²) in [6.07, 6.45) is 11.2. The normalized spacial score (nSPS) is 25.8. The molecule has 19 heavy (non-hydrogen) atoms. The van der Waals surface area contributed by atoms with Gasteiger partial charge in [0.2, 0.25) is 0 Å². The summed E-state index contributed by atoms with van der Waals surface area (Å²) in [5, 5.41) is 0.940. The number of anilines is 1. The van der Waals surface area contributed by atoms with E-state index in [9.17, 15) is 0 Å². The third-order valence-electron chi connectivity index (χ3n) is 4.31. The molecule has 0 aromatic carbocycles. The van der Waals surface area contributed by atoms with Crippen molar-refractivity contribution in [2.75, 3.05) is 11.5 Å². The topological polar surface area (TPSA) is 48.1 Å². The van der Waals surface area contributed by atoms with E-state index in [1.54, 1.807) is 18.0 Å². The highest BCUT2D eigenvalue weighted by molar-refractivity contribution is 7.99. The van der Waals surface area contributed by atoms with Gasteiger partial charge in [-0.2, -0.15) is 0 Å². The van der Waals surface area contributed by atoms with Crippen LogP contribution in [0.15, 0.2) is 23.4 Å². The Hall–Kier alpha value is -0.740. The molecule has 0 radical (unpaired) electrons. The van der Waals surface area contributed by atoms with Gasteiger partial charge in [-0.25, -0.2) is 4.98 Å². The van der Waals surface area contributed by atoms with Gasteiger partial charge in [0.25, 0.3) is 0 Å². The minimum absolute atomic E-state index is 0.221. The summed E-state index contributed by atoms with van der Waals surface area (Å²) >= 11 is 1.73. The Morgan fingerprint density at radius 1 is 1.32 bits per heavy atom. The van der Waals surface area contributed by atoms with E-state index in [1.807, 2.05) is 12.1 Å². The Morgan fingerprint density at radius 3 is 2.95 bits per heavy atom. The first-order chi connectivity index (χ1) is 9.27. The van der Waals surface area contributed by atoms with Gasteiger partial charge >= 0.3 is 0 Å². The second-order valence-electron chi connectivity index (χ2n) is 5.73. The van der Waals surface area contributed by atoms with Crippen LogP contribution in [-0.4, -0.2) is 22.4 Å². The summed E-state index contributed by atoms with van der Waals surface area (Å²) in [7, 11) is 0. The zero-order valence-electron chi connectivity index (χ0n) is 11.3. The predicted octanol–water partition coefficient (Wildman–Crippen LogP) is 3.64.